The summed E-state index contributed by atoms with van der Waals surface area (Å²) in [7, 11) is 0. The number of nitrogens with zero attached hydrogens (tertiary/aromatic N) is 2. The summed E-state index contributed by atoms with van der Waals surface area (Å²) in [5.74, 6) is 1.68. The summed E-state index contributed by atoms with van der Waals surface area (Å²) in [4.78, 5) is 9.12. The Morgan fingerprint density at radius 1 is 1.05 bits per heavy atom. The summed E-state index contributed by atoms with van der Waals surface area (Å²) in [6.45, 7) is 6.20. The lowest BCUT2D eigenvalue weighted by Crippen LogP contribution is -2.09. The van der Waals surface area contributed by atoms with Gasteiger partial charge in [-0.1, -0.05) is 29.8 Å². The Bertz CT molecular complexity index is 830. The highest BCUT2D eigenvalue weighted by Crippen LogP contribution is 2.26. The minimum absolute atomic E-state index is 0.190. The summed E-state index contributed by atoms with van der Waals surface area (Å²) in [6.07, 6.45) is 0. The maximum absolute atomic E-state index is 4.60. The molecule has 0 aliphatic carbocycles. The average Bonchev–Trinajstić information content (AvgIpc) is 2.48. The van der Waals surface area contributed by atoms with Crippen LogP contribution in [-0.4, -0.2) is 9.97 Å². The van der Waals surface area contributed by atoms with Crippen molar-refractivity contribution in [3.63, 3.8) is 0 Å². The first-order chi connectivity index (χ1) is 10.5. The van der Waals surface area contributed by atoms with Crippen LogP contribution in [0.2, 0.25) is 0 Å². The first-order valence-corrected chi connectivity index (χ1v) is 8.38. The van der Waals surface area contributed by atoms with Crippen LogP contribution in [0.3, 0.4) is 0 Å². The highest BCUT2D eigenvalue weighted by molar-refractivity contribution is 14.1. The first kappa shape index (κ1) is 15.2. The van der Waals surface area contributed by atoms with Crippen LogP contribution in [0.25, 0.3) is 10.9 Å². The van der Waals surface area contributed by atoms with E-state index >= 15 is 0 Å². The maximum Gasteiger partial charge on any atom is 0.138 e. The summed E-state index contributed by atoms with van der Waals surface area (Å²) >= 11 is 2.32. The number of fused-ring (bicyclic) bond motifs is 1. The van der Waals surface area contributed by atoms with Gasteiger partial charge in [-0.05, 0) is 67.1 Å². The van der Waals surface area contributed by atoms with E-state index in [9.17, 15) is 0 Å². The van der Waals surface area contributed by atoms with E-state index < -0.39 is 0 Å². The molecule has 0 saturated carbocycles. The van der Waals surface area contributed by atoms with E-state index in [2.05, 4.69) is 88.1 Å². The summed E-state index contributed by atoms with van der Waals surface area (Å²) in [5, 5.41) is 4.61. The number of rotatable bonds is 3. The van der Waals surface area contributed by atoms with Gasteiger partial charge in [-0.25, -0.2) is 9.97 Å². The maximum atomic E-state index is 4.60. The molecule has 0 spiro atoms. The number of anilines is 1. The fraction of sp³-hybridized carbons (Fsp3) is 0.222. The van der Waals surface area contributed by atoms with E-state index in [1.165, 1.54) is 14.7 Å². The van der Waals surface area contributed by atoms with Crippen molar-refractivity contribution < 1.29 is 0 Å². The first-order valence-electron chi connectivity index (χ1n) is 7.30. The van der Waals surface area contributed by atoms with Crippen molar-refractivity contribution in [2.75, 3.05) is 5.32 Å². The van der Waals surface area contributed by atoms with E-state index in [0.717, 1.165) is 22.5 Å². The third-order valence-corrected chi connectivity index (χ3v) is 4.34. The van der Waals surface area contributed by atoms with Gasteiger partial charge in [0.15, 0.2) is 0 Å². The monoisotopic (exact) mass is 403 g/mol. The van der Waals surface area contributed by atoms with Crippen molar-refractivity contribution in [3.8, 4) is 0 Å². The van der Waals surface area contributed by atoms with Crippen molar-refractivity contribution in [1.29, 1.82) is 0 Å². The standard InChI is InChI=1S/C18H18IN3/c1-11-5-4-6-14(9-11)12(2)20-18-16-10-15(19)7-8-17(16)21-13(3)22-18/h4-10,12H,1-3H3,(H,20,21,22)/t12-/m1/s1. The summed E-state index contributed by atoms with van der Waals surface area (Å²) in [6, 6.07) is 15.0. The summed E-state index contributed by atoms with van der Waals surface area (Å²) in [5.41, 5.74) is 3.51. The number of aryl methyl sites for hydroxylation is 2. The Hall–Kier alpha value is -1.69. The minimum atomic E-state index is 0.190. The fourth-order valence-electron chi connectivity index (χ4n) is 2.55. The molecule has 0 bridgehead atoms. The number of benzene rings is 2. The molecule has 0 aliphatic heterocycles. The molecule has 112 valence electrons. The lowest BCUT2D eigenvalue weighted by atomic mass is 10.1. The largest absolute Gasteiger partial charge is 0.363 e. The van der Waals surface area contributed by atoms with Gasteiger partial charge in [0.2, 0.25) is 0 Å². The molecule has 4 heteroatoms. The molecule has 2 aromatic carbocycles. The number of hydrogen-bond donors (Lipinski definition) is 1. The van der Waals surface area contributed by atoms with Crippen LogP contribution in [0.5, 0.6) is 0 Å². The van der Waals surface area contributed by atoms with Gasteiger partial charge >= 0.3 is 0 Å². The zero-order valence-electron chi connectivity index (χ0n) is 12.9. The smallest absolute Gasteiger partial charge is 0.138 e. The Balaban J connectivity index is 2.01. The Kier molecular flexibility index (Phi) is 4.29. The van der Waals surface area contributed by atoms with Crippen molar-refractivity contribution >= 4 is 39.3 Å². The lowest BCUT2D eigenvalue weighted by molar-refractivity contribution is 0.870. The van der Waals surface area contributed by atoms with E-state index in [1.807, 2.05) is 13.0 Å². The van der Waals surface area contributed by atoms with Gasteiger partial charge in [0.1, 0.15) is 11.6 Å². The molecule has 22 heavy (non-hydrogen) atoms. The van der Waals surface area contributed by atoms with Crippen LogP contribution < -0.4 is 5.32 Å². The number of hydrogen-bond acceptors (Lipinski definition) is 3. The van der Waals surface area contributed by atoms with Crippen molar-refractivity contribution in [2.45, 2.75) is 26.8 Å². The third-order valence-electron chi connectivity index (χ3n) is 3.66. The molecule has 1 N–H and O–H groups in total. The molecule has 3 rings (SSSR count). The van der Waals surface area contributed by atoms with Crippen LogP contribution in [0.4, 0.5) is 5.82 Å². The second-order valence-corrected chi connectivity index (χ2v) is 6.81. The molecule has 0 unspecified atom stereocenters. The van der Waals surface area contributed by atoms with Crippen LogP contribution in [0, 0.1) is 17.4 Å². The average molecular weight is 403 g/mol. The highest BCUT2D eigenvalue weighted by Gasteiger charge is 2.11. The number of halogens is 1. The Labute approximate surface area is 144 Å². The predicted octanol–water partition coefficient (Wildman–Crippen LogP) is 5.02. The van der Waals surface area contributed by atoms with Gasteiger partial charge in [0.25, 0.3) is 0 Å². The normalized spacial score (nSPS) is 12.4. The van der Waals surface area contributed by atoms with E-state index in [-0.39, 0.29) is 6.04 Å². The molecule has 0 aliphatic rings. The second-order valence-electron chi connectivity index (χ2n) is 5.56. The molecular formula is C18H18IN3. The molecule has 1 atom stereocenters. The van der Waals surface area contributed by atoms with Crippen LogP contribution >= 0.6 is 22.6 Å². The van der Waals surface area contributed by atoms with Gasteiger partial charge in [-0.2, -0.15) is 0 Å². The molecule has 0 fully saturated rings. The molecule has 1 heterocycles. The summed E-state index contributed by atoms with van der Waals surface area (Å²) < 4.78 is 1.18. The van der Waals surface area contributed by atoms with Gasteiger partial charge in [0, 0.05) is 15.0 Å². The zero-order chi connectivity index (χ0) is 15.7. The highest BCUT2D eigenvalue weighted by atomic mass is 127. The van der Waals surface area contributed by atoms with Crippen molar-refractivity contribution in [2.24, 2.45) is 0 Å². The van der Waals surface area contributed by atoms with Crippen molar-refractivity contribution in [3.05, 3.63) is 63.0 Å². The molecule has 0 saturated heterocycles. The zero-order valence-corrected chi connectivity index (χ0v) is 15.0. The molecule has 3 nitrogen and oxygen atoms in total. The lowest BCUT2D eigenvalue weighted by Gasteiger charge is -2.17. The van der Waals surface area contributed by atoms with Crippen LogP contribution in [0.1, 0.15) is 29.9 Å². The van der Waals surface area contributed by atoms with E-state index in [1.54, 1.807) is 0 Å². The fourth-order valence-corrected chi connectivity index (χ4v) is 3.05. The molecule has 0 radical (unpaired) electrons. The molecule has 1 aromatic heterocycles. The van der Waals surface area contributed by atoms with Crippen molar-refractivity contribution in [1.82, 2.24) is 9.97 Å². The quantitative estimate of drug-likeness (QED) is 0.624. The third kappa shape index (κ3) is 3.21. The van der Waals surface area contributed by atoms with Gasteiger partial charge < -0.3 is 5.32 Å². The van der Waals surface area contributed by atoms with E-state index in [0.29, 0.717) is 0 Å². The number of nitrogens with one attached hydrogen (secondary N) is 1. The van der Waals surface area contributed by atoms with Gasteiger partial charge in [-0.15, -0.1) is 0 Å². The van der Waals surface area contributed by atoms with E-state index in [4.69, 9.17) is 0 Å². The topological polar surface area (TPSA) is 37.8 Å². The number of aromatic nitrogens is 2. The second kappa shape index (κ2) is 6.20. The molecular weight excluding hydrogens is 385 g/mol. The SMILES string of the molecule is Cc1cccc([C@@H](C)Nc2nc(C)nc3ccc(I)cc23)c1. The molecule has 3 aromatic rings. The predicted molar refractivity (Wildman–Crippen MR) is 100 cm³/mol. The van der Waals surface area contributed by atoms with Gasteiger partial charge in [-0.3, -0.25) is 0 Å². The van der Waals surface area contributed by atoms with Gasteiger partial charge in [0.05, 0.1) is 5.52 Å². The Morgan fingerprint density at radius 3 is 2.64 bits per heavy atom. The molecule has 0 amide bonds. The minimum Gasteiger partial charge on any atom is -0.363 e. The Morgan fingerprint density at radius 2 is 1.86 bits per heavy atom. The van der Waals surface area contributed by atoms with Crippen LogP contribution in [0.15, 0.2) is 42.5 Å². The van der Waals surface area contributed by atoms with Crippen LogP contribution in [-0.2, 0) is 0 Å².